The third-order valence-electron chi connectivity index (χ3n) is 4.49. The number of hydrogen-bond acceptors (Lipinski definition) is 5. The van der Waals surface area contributed by atoms with Gasteiger partial charge in [-0.1, -0.05) is 33.3 Å². The highest BCUT2D eigenvalue weighted by molar-refractivity contribution is 9.10. The lowest BCUT2D eigenvalue weighted by Gasteiger charge is -2.20. The van der Waals surface area contributed by atoms with Crippen molar-refractivity contribution in [3.63, 3.8) is 0 Å². The Kier molecular flexibility index (Phi) is 5.60. The summed E-state index contributed by atoms with van der Waals surface area (Å²) < 4.78 is 2.01. The van der Waals surface area contributed by atoms with Crippen molar-refractivity contribution >= 4 is 54.2 Å². The van der Waals surface area contributed by atoms with E-state index in [1.165, 1.54) is 11.3 Å². The largest absolute Gasteiger partial charge is 0.378 e. The highest BCUT2D eigenvalue weighted by Gasteiger charge is 2.22. The maximum absolute atomic E-state index is 13.4. The van der Waals surface area contributed by atoms with Gasteiger partial charge in [-0.3, -0.25) is 14.7 Å². The molecule has 2 aromatic heterocycles. The molecule has 5 nitrogen and oxygen atoms in total. The SMILES string of the molecule is CN(C)c1ccc(C(=O)N(Cc2ccccn2)c2nc3ccc(Br)cc3s2)cc1. The summed E-state index contributed by atoms with van der Waals surface area (Å²) in [6.45, 7) is 0.357. The fraction of sp³-hybridized carbons (Fsp3) is 0.136. The molecule has 0 saturated carbocycles. The second-order valence-corrected chi connectivity index (χ2v) is 8.69. The summed E-state index contributed by atoms with van der Waals surface area (Å²) in [6, 6.07) is 19.2. The molecule has 0 spiro atoms. The molecule has 0 unspecified atom stereocenters. The Morgan fingerprint density at radius 1 is 1.07 bits per heavy atom. The van der Waals surface area contributed by atoms with Crippen LogP contribution in [0.15, 0.2) is 71.3 Å². The molecule has 0 aliphatic heterocycles. The van der Waals surface area contributed by atoms with Gasteiger partial charge in [0.25, 0.3) is 5.91 Å². The number of benzene rings is 2. The molecule has 2 heterocycles. The Bertz CT molecular complexity index is 1140. The topological polar surface area (TPSA) is 49.3 Å². The number of carbonyl (C=O) groups excluding carboxylic acids is 1. The van der Waals surface area contributed by atoms with Crippen LogP contribution < -0.4 is 9.80 Å². The van der Waals surface area contributed by atoms with Crippen LogP contribution in [0.25, 0.3) is 10.2 Å². The molecule has 0 saturated heterocycles. The molecule has 4 rings (SSSR count). The number of thiazole rings is 1. The lowest BCUT2D eigenvalue weighted by atomic mass is 10.1. The molecule has 2 aromatic carbocycles. The van der Waals surface area contributed by atoms with Gasteiger partial charge >= 0.3 is 0 Å². The number of pyridine rings is 1. The summed E-state index contributed by atoms with van der Waals surface area (Å²) in [5.41, 5.74) is 3.34. The van der Waals surface area contributed by atoms with Crippen LogP contribution in [0.1, 0.15) is 16.1 Å². The molecule has 0 bridgehead atoms. The number of aromatic nitrogens is 2. The first kappa shape index (κ1) is 19.5. The third-order valence-corrected chi connectivity index (χ3v) is 6.03. The Labute approximate surface area is 181 Å². The zero-order chi connectivity index (χ0) is 20.4. The highest BCUT2D eigenvalue weighted by atomic mass is 79.9. The van der Waals surface area contributed by atoms with Crippen molar-refractivity contribution in [2.75, 3.05) is 23.9 Å². The van der Waals surface area contributed by atoms with Gasteiger partial charge in [0.2, 0.25) is 0 Å². The van der Waals surface area contributed by atoms with Crippen LogP contribution >= 0.6 is 27.3 Å². The summed E-state index contributed by atoms with van der Waals surface area (Å²) >= 11 is 5.00. The number of carbonyl (C=O) groups is 1. The van der Waals surface area contributed by atoms with Crippen LogP contribution in [0.3, 0.4) is 0 Å². The summed E-state index contributed by atoms with van der Waals surface area (Å²) in [6.07, 6.45) is 1.74. The van der Waals surface area contributed by atoms with Crippen molar-refractivity contribution < 1.29 is 4.79 Å². The van der Waals surface area contributed by atoms with Gasteiger partial charge in [0.15, 0.2) is 5.13 Å². The molecule has 0 atom stereocenters. The average molecular weight is 467 g/mol. The van der Waals surface area contributed by atoms with Crippen LogP contribution in [0.4, 0.5) is 10.8 Å². The smallest absolute Gasteiger partial charge is 0.260 e. The van der Waals surface area contributed by atoms with Gasteiger partial charge in [0.05, 0.1) is 22.5 Å². The van der Waals surface area contributed by atoms with Crippen LogP contribution in [-0.2, 0) is 6.54 Å². The molecule has 0 radical (unpaired) electrons. The van der Waals surface area contributed by atoms with E-state index in [0.717, 1.165) is 26.1 Å². The van der Waals surface area contributed by atoms with E-state index in [1.54, 1.807) is 11.1 Å². The minimum atomic E-state index is -0.0981. The van der Waals surface area contributed by atoms with Gasteiger partial charge in [0.1, 0.15) is 0 Å². The molecule has 1 amide bonds. The van der Waals surface area contributed by atoms with Crippen LogP contribution in [0.5, 0.6) is 0 Å². The zero-order valence-corrected chi connectivity index (χ0v) is 18.4. The quantitative estimate of drug-likeness (QED) is 0.396. The van der Waals surface area contributed by atoms with Crippen molar-refractivity contribution in [1.82, 2.24) is 9.97 Å². The molecule has 7 heteroatoms. The van der Waals surface area contributed by atoms with Crippen LogP contribution in [-0.4, -0.2) is 30.0 Å². The normalized spacial score (nSPS) is 10.9. The van der Waals surface area contributed by atoms with E-state index >= 15 is 0 Å². The highest BCUT2D eigenvalue weighted by Crippen LogP contribution is 2.32. The van der Waals surface area contributed by atoms with Gasteiger partial charge in [-0.25, -0.2) is 4.98 Å². The van der Waals surface area contributed by atoms with Crippen molar-refractivity contribution in [2.24, 2.45) is 0 Å². The van der Waals surface area contributed by atoms with Gasteiger partial charge in [-0.05, 0) is 54.6 Å². The zero-order valence-electron chi connectivity index (χ0n) is 16.0. The second kappa shape index (κ2) is 8.31. The van der Waals surface area contributed by atoms with Crippen molar-refractivity contribution in [2.45, 2.75) is 6.54 Å². The molecule has 0 fully saturated rings. The fourth-order valence-corrected chi connectivity index (χ4v) is 4.45. The second-order valence-electron chi connectivity index (χ2n) is 6.76. The predicted molar refractivity (Wildman–Crippen MR) is 123 cm³/mol. The maximum Gasteiger partial charge on any atom is 0.260 e. The van der Waals surface area contributed by atoms with E-state index in [0.29, 0.717) is 17.2 Å². The van der Waals surface area contributed by atoms with E-state index in [-0.39, 0.29) is 5.91 Å². The van der Waals surface area contributed by atoms with Gasteiger partial charge in [-0.2, -0.15) is 0 Å². The molecular formula is C22H19BrN4OS. The molecule has 0 N–H and O–H groups in total. The fourth-order valence-electron chi connectivity index (χ4n) is 2.94. The van der Waals surface area contributed by atoms with E-state index in [4.69, 9.17) is 4.98 Å². The van der Waals surface area contributed by atoms with E-state index in [9.17, 15) is 4.79 Å². The monoisotopic (exact) mass is 466 g/mol. The van der Waals surface area contributed by atoms with Gasteiger partial charge < -0.3 is 4.90 Å². The first-order valence-corrected chi connectivity index (χ1v) is 10.7. The average Bonchev–Trinajstić information content (AvgIpc) is 3.15. The summed E-state index contributed by atoms with van der Waals surface area (Å²) in [5, 5.41) is 0.658. The lowest BCUT2D eigenvalue weighted by molar-refractivity contribution is 0.0985. The third kappa shape index (κ3) is 4.31. The van der Waals surface area contributed by atoms with Crippen molar-refractivity contribution in [1.29, 1.82) is 0 Å². The summed E-state index contributed by atoms with van der Waals surface area (Å²) in [4.78, 5) is 26.2. The standard InChI is InChI=1S/C22H19BrN4OS/c1-26(2)18-9-6-15(7-10-18)21(28)27(14-17-5-3-4-12-24-17)22-25-19-11-8-16(23)13-20(19)29-22/h3-13H,14H2,1-2H3. The Balaban J connectivity index is 1.73. The number of amides is 1. The van der Waals surface area contributed by atoms with Crippen molar-refractivity contribution in [3.8, 4) is 0 Å². The minimum Gasteiger partial charge on any atom is -0.378 e. The number of rotatable bonds is 5. The number of halogens is 1. The Morgan fingerprint density at radius 2 is 1.86 bits per heavy atom. The number of nitrogens with zero attached hydrogens (tertiary/aromatic N) is 4. The maximum atomic E-state index is 13.4. The molecular weight excluding hydrogens is 448 g/mol. The van der Waals surface area contributed by atoms with E-state index < -0.39 is 0 Å². The number of anilines is 2. The predicted octanol–water partition coefficient (Wildman–Crippen LogP) is 5.37. The van der Waals surface area contributed by atoms with E-state index in [2.05, 4.69) is 20.9 Å². The molecule has 4 aromatic rings. The minimum absolute atomic E-state index is 0.0981. The summed E-state index contributed by atoms with van der Waals surface area (Å²) in [7, 11) is 3.95. The lowest BCUT2D eigenvalue weighted by Crippen LogP contribution is -2.30. The van der Waals surface area contributed by atoms with Crippen LogP contribution in [0.2, 0.25) is 0 Å². The number of hydrogen-bond donors (Lipinski definition) is 0. The van der Waals surface area contributed by atoms with Crippen molar-refractivity contribution in [3.05, 3.63) is 82.6 Å². The molecule has 29 heavy (non-hydrogen) atoms. The van der Waals surface area contributed by atoms with Gasteiger partial charge in [-0.15, -0.1) is 0 Å². The first-order chi connectivity index (χ1) is 14.0. The summed E-state index contributed by atoms with van der Waals surface area (Å²) in [5.74, 6) is -0.0981. The molecule has 146 valence electrons. The van der Waals surface area contributed by atoms with Crippen LogP contribution in [0, 0.1) is 0 Å². The molecule has 0 aliphatic rings. The Morgan fingerprint density at radius 3 is 2.55 bits per heavy atom. The van der Waals surface area contributed by atoms with E-state index in [1.807, 2.05) is 79.7 Å². The number of fused-ring (bicyclic) bond motifs is 1. The Hall–Kier alpha value is -2.77. The van der Waals surface area contributed by atoms with Gasteiger partial charge in [0, 0.05) is 36.0 Å². The first-order valence-electron chi connectivity index (χ1n) is 9.06. The molecule has 0 aliphatic carbocycles.